The summed E-state index contributed by atoms with van der Waals surface area (Å²) in [6, 6.07) is 11.6. The third kappa shape index (κ3) is 6.67. The van der Waals surface area contributed by atoms with E-state index in [4.69, 9.17) is 16.3 Å². The standard InChI is InChI=1S/C26H33BClN5O3/c1-16(2)36-24-13-20(18-8-10-29-11-9-18)17(3)12-23(24)32-26-30-15-21(28)25(33-26)31-22-7-5-4-6-19(22)14-27(34)35/h4-7,12-13,15-16,18,29,34-35H,8-11,14H2,1-3H3,(H2,30,31,32,33). The second-order valence-corrected chi connectivity index (χ2v) is 9.79. The molecule has 1 saturated heterocycles. The van der Waals surface area contributed by atoms with E-state index < -0.39 is 7.12 Å². The molecule has 3 aromatic rings. The van der Waals surface area contributed by atoms with Gasteiger partial charge in [0.25, 0.3) is 0 Å². The van der Waals surface area contributed by atoms with Crippen molar-refractivity contribution in [2.24, 2.45) is 0 Å². The lowest BCUT2D eigenvalue weighted by atomic mass is 9.81. The highest BCUT2D eigenvalue weighted by Gasteiger charge is 2.21. The molecule has 0 radical (unpaired) electrons. The molecule has 1 fully saturated rings. The van der Waals surface area contributed by atoms with Crippen LogP contribution < -0.4 is 20.7 Å². The number of benzene rings is 2. The maximum atomic E-state index is 9.42. The van der Waals surface area contributed by atoms with Crippen molar-refractivity contribution in [1.29, 1.82) is 0 Å². The zero-order valence-corrected chi connectivity index (χ0v) is 21.6. The first kappa shape index (κ1) is 26.2. The number of anilines is 4. The summed E-state index contributed by atoms with van der Waals surface area (Å²) in [6.45, 7) is 8.20. The summed E-state index contributed by atoms with van der Waals surface area (Å²) in [5, 5.41) is 29.1. The predicted octanol–water partition coefficient (Wildman–Crippen LogP) is 4.73. The van der Waals surface area contributed by atoms with Gasteiger partial charge in [-0.2, -0.15) is 4.98 Å². The van der Waals surface area contributed by atoms with Gasteiger partial charge in [-0.25, -0.2) is 4.98 Å². The van der Waals surface area contributed by atoms with Crippen LogP contribution in [-0.2, 0) is 6.32 Å². The minimum atomic E-state index is -1.46. The maximum Gasteiger partial charge on any atom is 0.456 e. The second-order valence-electron chi connectivity index (χ2n) is 9.38. The van der Waals surface area contributed by atoms with E-state index >= 15 is 0 Å². The Morgan fingerprint density at radius 3 is 2.61 bits per heavy atom. The lowest BCUT2D eigenvalue weighted by molar-refractivity contribution is 0.243. The number of hydrogen-bond donors (Lipinski definition) is 5. The summed E-state index contributed by atoms with van der Waals surface area (Å²) in [5.74, 6) is 2.04. The van der Waals surface area contributed by atoms with Gasteiger partial charge in [-0.1, -0.05) is 29.8 Å². The van der Waals surface area contributed by atoms with E-state index in [0.717, 1.165) is 42.9 Å². The molecule has 10 heteroatoms. The van der Waals surface area contributed by atoms with Crippen molar-refractivity contribution in [3.63, 3.8) is 0 Å². The van der Waals surface area contributed by atoms with Gasteiger partial charge in [0.2, 0.25) is 5.95 Å². The summed E-state index contributed by atoms with van der Waals surface area (Å²) >= 11 is 6.40. The molecule has 5 N–H and O–H groups in total. The molecule has 4 rings (SSSR count). The van der Waals surface area contributed by atoms with Gasteiger partial charge in [0.05, 0.1) is 18.0 Å². The van der Waals surface area contributed by atoms with Crippen LogP contribution in [0.1, 0.15) is 49.3 Å². The van der Waals surface area contributed by atoms with Gasteiger partial charge in [0, 0.05) is 12.0 Å². The minimum absolute atomic E-state index is 0.0101. The molecule has 2 aromatic carbocycles. The Kier molecular flexibility index (Phi) is 8.69. The highest BCUT2D eigenvalue weighted by molar-refractivity contribution is 6.40. The van der Waals surface area contributed by atoms with Crippen molar-refractivity contribution in [3.05, 3.63) is 64.3 Å². The lowest BCUT2D eigenvalue weighted by Crippen LogP contribution is -2.27. The van der Waals surface area contributed by atoms with Gasteiger partial charge in [0.1, 0.15) is 10.8 Å². The third-order valence-corrected chi connectivity index (χ3v) is 6.45. The Morgan fingerprint density at radius 2 is 1.89 bits per heavy atom. The first-order valence-corrected chi connectivity index (χ1v) is 12.7. The largest absolute Gasteiger partial charge is 0.489 e. The van der Waals surface area contributed by atoms with Gasteiger partial charge < -0.3 is 30.7 Å². The molecule has 2 heterocycles. The van der Waals surface area contributed by atoms with E-state index in [2.05, 4.69) is 45.0 Å². The molecule has 1 aliphatic heterocycles. The van der Waals surface area contributed by atoms with E-state index in [-0.39, 0.29) is 12.4 Å². The van der Waals surface area contributed by atoms with Crippen LogP contribution in [0, 0.1) is 6.92 Å². The Balaban J connectivity index is 1.62. The molecule has 1 aliphatic rings. The van der Waals surface area contributed by atoms with Crippen LogP contribution in [0.4, 0.5) is 23.1 Å². The molecular formula is C26H33BClN5O3. The van der Waals surface area contributed by atoms with Gasteiger partial charge in [-0.3, -0.25) is 0 Å². The number of ether oxygens (including phenoxy) is 1. The van der Waals surface area contributed by atoms with Crippen molar-refractivity contribution in [2.45, 2.75) is 52.0 Å². The van der Waals surface area contributed by atoms with Gasteiger partial charge >= 0.3 is 7.12 Å². The average Bonchev–Trinajstić information content (AvgIpc) is 2.84. The summed E-state index contributed by atoms with van der Waals surface area (Å²) in [7, 11) is -1.46. The molecular weight excluding hydrogens is 477 g/mol. The summed E-state index contributed by atoms with van der Waals surface area (Å²) < 4.78 is 6.18. The van der Waals surface area contributed by atoms with E-state index in [9.17, 15) is 10.0 Å². The fourth-order valence-corrected chi connectivity index (χ4v) is 4.64. The van der Waals surface area contributed by atoms with Crippen LogP contribution in [-0.4, -0.2) is 46.3 Å². The number of piperidine rings is 1. The normalized spacial score (nSPS) is 14.1. The minimum Gasteiger partial charge on any atom is -0.489 e. The second kappa shape index (κ2) is 11.9. The topological polar surface area (TPSA) is 112 Å². The Hall–Kier alpha value is -2.85. The molecule has 1 aromatic heterocycles. The fourth-order valence-electron chi connectivity index (χ4n) is 4.51. The summed E-state index contributed by atoms with van der Waals surface area (Å²) in [6.07, 6.45) is 3.84. The molecule has 0 atom stereocenters. The quantitative estimate of drug-likeness (QED) is 0.263. The highest BCUT2D eigenvalue weighted by atomic mass is 35.5. The molecule has 0 saturated carbocycles. The smallest absolute Gasteiger partial charge is 0.456 e. The van der Waals surface area contributed by atoms with E-state index in [0.29, 0.717) is 28.4 Å². The zero-order valence-electron chi connectivity index (χ0n) is 20.9. The van der Waals surface area contributed by atoms with E-state index in [1.54, 1.807) is 0 Å². The first-order valence-electron chi connectivity index (χ1n) is 12.3. The summed E-state index contributed by atoms with van der Waals surface area (Å²) in [4.78, 5) is 8.96. The van der Waals surface area contributed by atoms with Gasteiger partial charge in [-0.05, 0) is 87.5 Å². The monoisotopic (exact) mass is 509 g/mol. The van der Waals surface area contributed by atoms with Crippen LogP contribution in [0.15, 0.2) is 42.6 Å². The van der Waals surface area contributed by atoms with Crippen molar-refractivity contribution < 1.29 is 14.8 Å². The van der Waals surface area contributed by atoms with Gasteiger partial charge in [-0.15, -0.1) is 0 Å². The fraction of sp³-hybridized carbons (Fsp3) is 0.385. The SMILES string of the molecule is Cc1cc(Nc2ncc(Cl)c(Nc3ccccc3CB(O)O)n2)c(OC(C)C)cc1C1CCNCC1. The number of hydrogen-bond acceptors (Lipinski definition) is 8. The molecule has 8 nitrogen and oxygen atoms in total. The van der Waals surface area contributed by atoms with Crippen LogP contribution >= 0.6 is 11.6 Å². The average molecular weight is 510 g/mol. The molecule has 0 unspecified atom stereocenters. The first-order chi connectivity index (χ1) is 17.3. The predicted molar refractivity (Wildman–Crippen MR) is 146 cm³/mol. The number of aryl methyl sites for hydroxylation is 1. The third-order valence-electron chi connectivity index (χ3n) is 6.17. The maximum absolute atomic E-state index is 9.42. The molecule has 0 aliphatic carbocycles. The number of rotatable bonds is 9. The van der Waals surface area contributed by atoms with Crippen LogP contribution in [0.3, 0.4) is 0 Å². The Bertz CT molecular complexity index is 1190. The number of nitrogens with zero attached hydrogens (tertiary/aromatic N) is 2. The summed E-state index contributed by atoms with van der Waals surface area (Å²) in [5.41, 5.74) is 4.72. The van der Waals surface area contributed by atoms with Crippen molar-refractivity contribution in [3.8, 4) is 5.75 Å². The number of halogens is 1. The molecule has 0 bridgehead atoms. The Labute approximate surface area is 217 Å². The number of aromatic nitrogens is 2. The molecule has 36 heavy (non-hydrogen) atoms. The van der Waals surface area contributed by atoms with E-state index in [1.807, 2.05) is 38.1 Å². The Morgan fingerprint density at radius 1 is 1.14 bits per heavy atom. The van der Waals surface area contributed by atoms with Crippen molar-refractivity contribution in [1.82, 2.24) is 15.3 Å². The number of nitrogens with one attached hydrogen (secondary N) is 3. The number of para-hydroxylation sites is 1. The van der Waals surface area contributed by atoms with Crippen LogP contribution in [0.5, 0.6) is 5.75 Å². The van der Waals surface area contributed by atoms with Gasteiger partial charge in [0.15, 0.2) is 5.82 Å². The highest BCUT2D eigenvalue weighted by Crippen LogP contribution is 2.37. The zero-order chi connectivity index (χ0) is 25.7. The van der Waals surface area contributed by atoms with Crippen molar-refractivity contribution in [2.75, 3.05) is 23.7 Å². The van der Waals surface area contributed by atoms with Crippen LogP contribution in [0.25, 0.3) is 0 Å². The molecule has 190 valence electrons. The van der Waals surface area contributed by atoms with Crippen LogP contribution in [0.2, 0.25) is 5.02 Å². The van der Waals surface area contributed by atoms with Crippen molar-refractivity contribution >= 4 is 41.9 Å². The molecule has 0 spiro atoms. The van der Waals surface area contributed by atoms with E-state index in [1.165, 1.54) is 17.3 Å². The molecule has 0 amide bonds. The lowest BCUT2D eigenvalue weighted by Gasteiger charge is -2.26.